The number of carbonyl (C=O) groups excluding carboxylic acids is 4. The maximum Gasteiger partial charge on any atom is 0.472 e. The predicted octanol–water partition coefficient (Wildman–Crippen LogP) is 16.6. The van der Waals surface area contributed by atoms with Gasteiger partial charge < -0.3 is 33.8 Å². The average molecular weight is 1190 g/mol. The zero-order valence-corrected chi connectivity index (χ0v) is 53.0. The third-order valence-corrected chi connectivity index (χ3v) is 16.3. The van der Waals surface area contributed by atoms with E-state index in [0.29, 0.717) is 25.7 Å². The Kier molecular flexibility index (Phi) is 53.6. The Bertz CT molecular complexity index is 1570. The van der Waals surface area contributed by atoms with E-state index in [1.165, 1.54) is 122 Å². The summed E-state index contributed by atoms with van der Waals surface area (Å²) in [5.41, 5.74) is 0. The van der Waals surface area contributed by atoms with Crippen LogP contribution in [-0.4, -0.2) is 96.7 Å². The average Bonchev–Trinajstić information content (AvgIpc) is 3.43. The molecule has 474 valence electrons. The first-order valence-corrected chi connectivity index (χ1v) is 35.2. The van der Waals surface area contributed by atoms with Gasteiger partial charge >= 0.3 is 39.5 Å². The fraction of sp³-hybridized carbons (Fsp3) is 0.934. The molecular formula is C61H118O17P2. The monoisotopic (exact) mass is 1180 g/mol. The van der Waals surface area contributed by atoms with Gasteiger partial charge in [0.15, 0.2) is 12.2 Å². The first kappa shape index (κ1) is 78.1. The molecular weight excluding hydrogens is 1070 g/mol. The molecule has 0 heterocycles. The van der Waals surface area contributed by atoms with Crippen LogP contribution >= 0.6 is 15.6 Å². The van der Waals surface area contributed by atoms with Gasteiger partial charge in [-0.2, -0.15) is 0 Å². The van der Waals surface area contributed by atoms with E-state index in [9.17, 15) is 43.2 Å². The van der Waals surface area contributed by atoms with Crippen molar-refractivity contribution in [2.75, 3.05) is 39.6 Å². The van der Waals surface area contributed by atoms with E-state index in [0.717, 1.165) is 102 Å². The molecule has 80 heavy (non-hydrogen) atoms. The summed E-state index contributed by atoms with van der Waals surface area (Å²) in [5, 5.41) is 10.5. The molecule has 0 aromatic heterocycles. The summed E-state index contributed by atoms with van der Waals surface area (Å²) >= 11 is 0. The summed E-state index contributed by atoms with van der Waals surface area (Å²) < 4.78 is 67.7. The number of carbonyl (C=O) groups is 4. The lowest BCUT2D eigenvalue weighted by molar-refractivity contribution is -0.161. The Morgan fingerprint density at radius 3 is 0.887 bits per heavy atom. The standard InChI is InChI=1S/C61H118O17P2/c1-6-10-13-16-18-20-22-23-24-26-28-30-36-41-46-60(65)77-57(51-72-59(64)45-40-35-29-27-25-21-19-17-14-11-7-2)53-76-80(69,70)74-49-55(62)48-73-79(67,68)75-52-56(50-71-58(63)44-39-33-15-12-8-3)78-61(66)47-42-37-32-31-34-38-43-54(5)9-4/h54-57,62H,6-53H2,1-5H3,(H,67,68)(H,69,70)/t54?,55-,56+,57+/m0/s1. The summed E-state index contributed by atoms with van der Waals surface area (Å²) in [7, 11) is -9.87. The minimum Gasteiger partial charge on any atom is -0.462 e. The Morgan fingerprint density at radius 1 is 0.350 bits per heavy atom. The number of aliphatic hydroxyl groups is 1. The zero-order chi connectivity index (χ0) is 59.2. The minimum atomic E-state index is -4.94. The van der Waals surface area contributed by atoms with Crippen molar-refractivity contribution in [1.82, 2.24) is 0 Å². The Hall–Kier alpha value is -1.94. The SMILES string of the molecule is CCCCCCCCCCCCCCCCC(=O)O[C@H](COC(=O)CCCCCCCCCCCCC)COP(=O)(O)OC[C@@H](O)COP(=O)(O)OC[C@@H](COC(=O)CCCCCCC)OC(=O)CCCCCCCCC(C)CC. The van der Waals surface area contributed by atoms with Gasteiger partial charge in [-0.1, -0.05) is 253 Å². The number of hydrogen-bond donors (Lipinski definition) is 3. The van der Waals surface area contributed by atoms with Crippen molar-refractivity contribution < 1.29 is 80.2 Å². The summed E-state index contributed by atoms with van der Waals surface area (Å²) in [4.78, 5) is 71.8. The number of phosphoric acid groups is 2. The number of phosphoric ester groups is 2. The molecule has 0 aliphatic heterocycles. The molecule has 0 aliphatic rings. The van der Waals surface area contributed by atoms with Gasteiger partial charge in [0.25, 0.3) is 0 Å². The number of rotatable bonds is 61. The van der Waals surface area contributed by atoms with Gasteiger partial charge in [-0.25, -0.2) is 9.13 Å². The van der Waals surface area contributed by atoms with Gasteiger partial charge in [0.1, 0.15) is 19.3 Å². The van der Waals surface area contributed by atoms with Gasteiger partial charge in [0, 0.05) is 25.7 Å². The topological polar surface area (TPSA) is 237 Å². The van der Waals surface area contributed by atoms with Gasteiger partial charge in [-0.05, 0) is 31.6 Å². The molecule has 3 unspecified atom stereocenters. The molecule has 0 aromatic carbocycles. The molecule has 19 heteroatoms. The quantitative estimate of drug-likeness (QED) is 0.0222. The normalized spacial score (nSPS) is 14.7. The Balaban J connectivity index is 5.18. The summed E-state index contributed by atoms with van der Waals surface area (Å²) in [5.74, 6) is -1.43. The first-order chi connectivity index (χ1) is 38.6. The van der Waals surface area contributed by atoms with E-state index in [-0.39, 0.29) is 25.7 Å². The second kappa shape index (κ2) is 55.0. The van der Waals surface area contributed by atoms with Crippen molar-refractivity contribution in [3.8, 4) is 0 Å². The van der Waals surface area contributed by atoms with Crippen LogP contribution in [0.25, 0.3) is 0 Å². The van der Waals surface area contributed by atoms with Crippen molar-refractivity contribution in [1.29, 1.82) is 0 Å². The van der Waals surface area contributed by atoms with Crippen LogP contribution < -0.4 is 0 Å². The molecule has 0 fully saturated rings. The van der Waals surface area contributed by atoms with E-state index in [1.807, 2.05) is 0 Å². The first-order valence-electron chi connectivity index (χ1n) is 32.2. The molecule has 0 spiro atoms. The van der Waals surface area contributed by atoms with Gasteiger partial charge in [0.05, 0.1) is 26.4 Å². The highest BCUT2D eigenvalue weighted by molar-refractivity contribution is 7.47. The highest BCUT2D eigenvalue weighted by atomic mass is 31.2. The third kappa shape index (κ3) is 54.0. The lowest BCUT2D eigenvalue weighted by Crippen LogP contribution is -2.30. The molecule has 6 atom stereocenters. The fourth-order valence-electron chi connectivity index (χ4n) is 9.02. The molecule has 0 rings (SSSR count). The van der Waals surface area contributed by atoms with E-state index >= 15 is 0 Å². The molecule has 0 amide bonds. The third-order valence-electron chi connectivity index (χ3n) is 14.4. The number of ether oxygens (including phenoxy) is 4. The maximum absolute atomic E-state index is 12.9. The number of esters is 4. The van der Waals surface area contributed by atoms with Crippen molar-refractivity contribution >= 4 is 39.5 Å². The highest BCUT2D eigenvalue weighted by Crippen LogP contribution is 2.45. The second-order valence-electron chi connectivity index (χ2n) is 22.3. The molecule has 0 bridgehead atoms. The van der Waals surface area contributed by atoms with E-state index in [2.05, 4.69) is 34.6 Å². The van der Waals surface area contributed by atoms with Crippen LogP contribution in [-0.2, 0) is 65.4 Å². The molecule has 0 aliphatic carbocycles. The number of unbranched alkanes of at least 4 members (excludes halogenated alkanes) is 32. The molecule has 0 saturated heterocycles. The van der Waals surface area contributed by atoms with E-state index < -0.39 is 97.5 Å². The lowest BCUT2D eigenvalue weighted by atomic mass is 10.00. The number of aliphatic hydroxyl groups excluding tert-OH is 1. The second-order valence-corrected chi connectivity index (χ2v) is 25.2. The van der Waals surface area contributed by atoms with Gasteiger partial charge in [0.2, 0.25) is 0 Å². The van der Waals surface area contributed by atoms with E-state index in [1.54, 1.807) is 0 Å². The smallest absolute Gasteiger partial charge is 0.462 e. The van der Waals surface area contributed by atoms with Gasteiger partial charge in [-0.3, -0.25) is 37.3 Å². The van der Waals surface area contributed by atoms with Crippen molar-refractivity contribution in [2.45, 2.75) is 323 Å². The lowest BCUT2D eigenvalue weighted by Gasteiger charge is -2.21. The molecule has 0 radical (unpaired) electrons. The molecule has 17 nitrogen and oxygen atoms in total. The highest BCUT2D eigenvalue weighted by Gasteiger charge is 2.30. The number of hydrogen-bond acceptors (Lipinski definition) is 15. The maximum atomic E-state index is 12.9. The van der Waals surface area contributed by atoms with E-state index in [4.69, 9.17) is 37.0 Å². The van der Waals surface area contributed by atoms with Crippen LogP contribution in [0, 0.1) is 5.92 Å². The van der Waals surface area contributed by atoms with Crippen LogP contribution in [0.5, 0.6) is 0 Å². The molecule has 0 saturated carbocycles. The molecule has 0 aromatic rings. The van der Waals surface area contributed by atoms with Crippen LogP contribution in [0.2, 0.25) is 0 Å². The predicted molar refractivity (Wildman–Crippen MR) is 317 cm³/mol. The Morgan fingerprint density at radius 2 is 0.600 bits per heavy atom. The van der Waals surface area contributed by atoms with Gasteiger partial charge in [-0.15, -0.1) is 0 Å². The summed E-state index contributed by atoms with van der Waals surface area (Å²) in [6.07, 6.45) is 37.9. The van der Waals surface area contributed by atoms with Crippen LogP contribution in [0.1, 0.15) is 304 Å². The zero-order valence-electron chi connectivity index (χ0n) is 51.2. The molecule has 3 N–H and O–H groups in total. The van der Waals surface area contributed by atoms with Crippen LogP contribution in [0.3, 0.4) is 0 Å². The Labute approximate surface area is 486 Å². The van der Waals surface area contributed by atoms with Crippen molar-refractivity contribution in [2.24, 2.45) is 5.92 Å². The van der Waals surface area contributed by atoms with Crippen molar-refractivity contribution in [3.63, 3.8) is 0 Å². The fourth-order valence-corrected chi connectivity index (χ4v) is 10.6. The van der Waals surface area contributed by atoms with Crippen LogP contribution in [0.15, 0.2) is 0 Å². The largest absolute Gasteiger partial charge is 0.472 e. The minimum absolute atomic E-state index is 0.102. The summed E-state index contributed by atoms with van der Waals surface area (Å²) in [6, 6.07) is 0. The summed E-state index contributed by atoms with van der Waals surface area (Å²) in [6.45, 7) is 7.03. The van der Waals surface area contributed by atoms with Crippen molar-refractivity contribution in [3.05, 3.63) is 0 Å². The van der Waals surface area contributed by atoms with Crippen LogP contribution in [0.4, 0.5) is 0 Å².